The average molecular weight is 485 g/mol. The zero-order valence-electron chi connectivity index (χ0n) is 22.0. The third-order valence-corrected chi connectivity index (χ3v) is 7.02. The maximum atomic E-state index is 6.20. The van der Waals surface area contributed by atoms with Gasteiger partial charge in [-0.2, -0.15) is 0 Å². The van der Waals surface area contributed by atoms with Crippen molar-refractivity contribution in [3.63, 3.8) is 0 Å². The molecule has 0 saturated carbocycles. The first kappa shape index (κ1) is 26.0. The average Bonchev–Trinajstić information content (AvgIpc) is 2.82. The van der Waals surface area contributed by atoms with Gasteiger partial charge in [-0.25, -0.2) is 0 Å². The second-order valence-corrected chi connectivity index (χ2v) is 11.4. The third-order valence-electron chi connectivity index (χ3n) is 7.02. The summed E-state index contributed by atoms with van der Waals surface area (Å²) in [7, 11) is 3.38. The Morgan fingerprint density at radius 3 is 1.29 bits per heavy atom. The molecule has 0 aliphatic carbocycles. The molecule has 35 heavy (non-hydrogen) atoms. The van der Waals surface area contributed by atoms with Crippen molar-refractivity contribution < 1.29 is 28.4 Å². The number of ether oxygens (including phenoxy) is 6. The van der Waals surface area contributed by atoms with Crippen LogP contribution in [0.3, 0.4) is 0 Å². The molecule has 2 atom stereocenters. The van der Waals surface area contributed by atoms with E-state index in [1.165, 1.54) is 11.1 Å². The van der Waals surface area contributed by atoms with E-state index in [9.17, 15) is 0 Å². The van der Waals surface area contributed by atoms with Gasteiger partial charge in [0.2, 0.25) is 0 Å². The van der Waals surface area contributed by atoms with E-state index in [4.69, 9.17) is 28.4 Å². The van der Waals surface area contributed by atoms with E-state index in [0.717, 1.165) is 24.7 Å². The standard InChI is InChI=1S/C29H40O6/c1-27(2)15-34-25(27)21-7-11-23(12-8-21)32-19-29(17-30-5,18-31-6)20-33-24-13-9-22(10-14-24)26-28(3,4)16-35-26/h7-14,25-26H,15-20H2,1-6H3. The van der Waals surface area contributed by atoms with Crippen LogP contribution in [0.25, 0.3) is 0 Å². The highest BCUT2D eigenvalue weighted by Crippen LogP contribution is 2.46. The summed E-state index contributed by atoms with van der Waals surface area (Å²) in [4.78, 5) is 0. The zero-order chi connectivity index (χ0) is 25.1. The van der Waals surface area contributed by atoms with Crippen LogP contribution in [0.2, 0.25) is 0 Å². The molecule has 0 bridgehead atoms. The maximum Gasteiger partial charge on any atom is 0.119 e. The highest BCUT2D eigenvalue weighted by Gasteiger charge is 2.42. The Morgan fingerprint density at radius 2 is 1.03 bits per heavy atom. The smallest absolute Gasteiger partial charge is 0.119 e. The Balaban J connectivity index is 1.37. The minimum absolute atomic E-state index is 0.138. The first-order valence-corrected chi connectivity index (χ1v) is 12.3. The van der Waals surface area contributed by atoms with Crippen LogP contribution in [0.15, 0.2) is 48.5 Å². The summed E-state index contributed by atoms with van der Waals surface area (Å²) in [6, 6.07) is 16.3. The summed E-state index contributed by atoms with van der Waals surface area (Å²) in [6.45, 7) is 12.2. The van der Waals surface area contributed by atoms with Gasteiger partial charge in [0.25, 0.3) is 0 Å². The lowest BCUT2D eigenvalue weighted by atomic mass is 9.79. The highest BCUT2D eigenvalue weighted by molar-refractivity contribution is 5.31. The van der Waals surface area contributed by atoms with Crippen LogP contribution in [-0.2, 0) is 18.9 Å². The summed E-state index contributed by atoms with van der Waals surface area (Å²) < 4.78 is 35.0. The molecule has 2 heterocycles. The summed E-state index contributed by atoms with van der Waals surface area (Å²) in [5.41, 5.74) is 2.24. The number of methoxy groups -OCH3 is 2. The molecule has 0 radical (unpaired) electrons. The van der Waals surface area contributed by atoms with Gasteiger partial charge in [-0.1, -0.05) is 52.0 Å². The van der Waals surface area contributed by atoms with E-state index < -0.39 is 5.41 Å². The molecule has 2 aliphatic rings. The van der Waals surface area contributed by atoms with Gasteiger partial charge >= 0.3 is 0 Å². The Hall–Kier alpha value is -2.12. The number of benzene rings is 2. The van der Waals surface area contributed by atoms with Gasteiger partial charge in [0.1, 0.15) is 24.7 Å². The molecule has 0 amide bonds. The zero-order valence-corrected chi connectivity index (χ0v) is 22.0. The van der Waals surface area contributed by atoms with E-state index in [0.29, 0.717) is 26.4 Å². The van der Waals surface area contributed by atoms with Gasteiger partial charge < -0.3 is 28.4 Å². The first-order valence-electron chi connectivity index (χ1n) is 12.3. The molecule has 6 heteroatoms. The van der Waals surface area contributed by atoms with Gasteiger partial charge in [-0.05, 0) is 35.4 Å². The Kier molecular flexibility index (Phi) is 7.77. The molecule has 0 N–H and O–H groups in total. The van der Waals surface area contributed by atoms with Crippen LogP contribution in [0, 0.1) is 16.2 Å². The van der Waals surface area contributed by atoms with Crippen LogP contribution >= 0.6 is 0 Å². The highest BCUT2D eigenvalue weighted by atomic mass is 16.5. The van der Waals surface area contributed by atoms with E-state index in [2.05, 4.69) is 52.0 Å². The summed E-state index contributed by atoms with van der Waals surface area (Å²) in [6.07, 6.45) is 0.277. The van der Waals surface area contributed by atoms with E-state index in [1.54, 1.807) is 14.2 Å². The van der Waals surface area contributed by atoms with Crippen molar-refractivity contribution in [3.05, 3.63) is 59.7 Å². The molecule has 0 spiro atoms. The topological polar surface area (TPSA) is 55.4 Å². The molecule has 6 nitrogen and oxygen atoms in total. The van der Waals surface area contributed by atoms with Gasteiger partial charge in [-0.3, -0.25) is 0 Å². The van der Waals surface area contributed by atoms with Crippen molar-refractivity contribution in [1.82, 2.24) is 0 Å². The Labute approximate surface area is 209 Å². The van der Waals surface area contributed by atoms with Crippen LogP contribution < -0.4 is 9.47 Å². The molecular weight excluding hydrogens is 444 g/mol. The molecule has 2 aromatic carbocycles. The van der Waals surface area contributed by atoms with Crippen molar-refractivity contribution in [2.45, 2.75) is 39.9 Å². The molecule has 2 fully saturated rings. The van der Waals surface area contributed by atoms with Crippen molar-refractivity contribution in [1.29, 1.82) is 0 Å². The monoisotopic (exact) mass is 484 g/mol. The van der Waals surface area contributed by atoms with E-state index in [1.807, 2.05) is 24.3 Å². The van der Waals surface area contributed by atoms with Gasteiger partial charge in [0, 0.05) is 25.0 Å². The number of hydrogen-bond acceptors (Lipinski definition) is 6. The lowest BCUT2D eigenvalue weighted by Crippen LogP contribution is -2.43. The van der Waals surface area contributed by atoms with Crippen molar-refractivity contribution in [3.8, 4) is 11.5 Å². The summed E-state index contributed by atoms with van der Waals surface area (Å²) >= 11 is 0. The molecular formula is C29H40O6. The lowest BCUT2D eigenvalue weighted by molar-refractivity contribution is -0.172. The lowest BCUT2D eigenvalue weighted by Gasteiger charge is -2.44. The number of hydrogen-bond donors (Lipinski definition) is 0. The van der Waals surface area contributed by atoms with E-state index in [-0.39, 0.29) is 23.0 Å². The fraction of sp³-hybridized carbons (Fsp3) is 0.586. The van der Waals surface area contributed by atoms with Gasteiger partial charge in [0.15, 0.2) is 0 Å². The quantitative estimate of drug-likeness (QED) is 0.390. The molecule has 2 aliphatic heterocycles. The largest absolute Gasteiger partial charge is 0.493 e. The molecule has 2 unspecified atom stereocenters. The van der Waals surface area contributed by atoms with Crippen molar-refractivity contribution in [2.24, 2.45) is 16.2 Å². The Bertz CT molecular complexity index is 871. The first-order chi connectivity index (χ1) is 16.7. The SMILES string of the molecule is COCC(COC)(COc1ccc(C2OCC2(C)C)cc1)COc1ccc(C2OCC2(C)C)cc1. The molecule has 2 saturated heterocycles. The maximum absolute atomic E-state index is 6.20. The third kappa shape index (κ3) is 5.83. The molecule has 4 rings (SSSR count). The second kappa shape index (κ2) is 10.5. The van der Waals surface area contributed by atoms with Crippen LogP contribution in [0.4, 0.5) is 0 Å². The normalized spacial score (nSPS) is 22.7. The predicted molar refractivity (Wildman–Crippen MR) is 135 cm³/mol. The fourth-order valence-corrected chi connectivity index (χ4v) is 4.91. The van der Waals surface area contributed by atoms with Crippen LogP contribution in [0.1, 0.15) is 51.0 Å². The molecule has 192 valence electrons. The van der Waals surface area contributed by atoms with E-state index >= 15 is 0 Å². The molecule has 2 aromatic rings. The Morgan fingerprint density at radius 1 is 0.657 bits per heavy atom. The minimum atomic E-state index is -0.459. The summed E-state index contributed by atoms with van der Waals surface area (Å²) in [5.74, 6) is 1.60. The summed E-state index contributed by atoms with van der Waals surface area (Å²) in [5, 5.41) is 0. The van der Waals surface area contributed by atoms with Crippen molar-refractivity contribution in [2.75, 3.05) is 53.9 Å². The number of rotatable bonds is 12. The van der Waals surface area contributed by atoms with Gasteiger partial charge in [-0.15, -0.1) is 0 Å². The second-order valence-electron chi connectivity index (χ2n) is 11.4. The molecule has 0 aromatic heterocycles. The fourth-order valence-electron chi connectivity index (χ4n) is 4.91. The minimum Gasteiger partial charge on any atom is -0.493 e. The van der Waals surface area contributed by atoms with Crippen molar-refractivity contribution >= 4 is 0 Å². The van der Waals surface area contributed by atoms with Crippen LogP contribution in [0.5, 0.6) is 11.5 Å². The van der Waals surface area contributed by atoms with Gasteiger partial charge in [0.05, 0.1) is 44.1 Å². The predicted octanol–water partition coefficient (Wildman–Crippen LogP) is 5.62. The van der Waals surface area contributed by atoms with Crippen LogP contribution in [-0.4, -0.2) is 53.9 Å².